The summed E-state index contributed by atoms with van der Waals surface area (Å²) in [5.41, 5.74) is 0. The Labute approximate surface area is 163 Å². The molecule has 0 aromatic carbocycles. The molecule has 0 amide bonds. The van der Waals surface area contributed by atoms with Gasteiger partial charge in [0, 0.05) is 61.0 Å². The molecule has 0 radical (unpaired) electrons. The van der Waals surface area contributed by atoms with Gasteiger partial charge < -0.3 is 15.5 Å². The zero-order valence-corrected chi connectivity index (χ0v) is 18.0. The van der Waals surface area contributed by atoms with Gasteiger partial charge in [-0.15, -0.1) is 11.3 Å². The first-order valence-electron chi connectivity index (χ1n) is 10.1. The summed E-state index contributed by atoms with van der Waals surface area (Å²) in [4.78, 5) is 12.8. The Balaban J connectivity index is 1.83. The number of aryl methyl sites for hydroxylation is 1. The minimum atomic E-state index is 0.370. The molecule has 0 aliphatic carbocycles. The lowest BCUT2D eigenvalue weighted by Gasteiger charge is -2.37. The number of hydrogen-bond acceptors (Lipinski definition) is 4. The average molecular weight is 380 g/mol. The van der Waals surface area contributed by atoms with E-state index in [4.69, 9.17) is 4.99 Å². The molecular weight excluding hydrogens is 342 g/mol. The average Bonchev–Trinajstić information content (AvgIpc) is 3.04. The van der Waals surface area contributed by atoms with Crippen LogP contribution in [0.1, 0.15) is 37.4 Å². The summed E-state index contributed by atoms with van der Waals surface area (Å²) in [6.45, 7) is 18.6. The molecule has 148 valence electrons. The highest BCUT2D eigenvalue weighted by atomic mass is 32.1. The molecular formula is C20H37N5S. The van der Waals surface area contributed by atoms with Gasteiger partial charge in [0.25, 0.3) is 0 Å². The predicted molar refractivity (Wildman–Crippen MR) is 114 cm³/mol. The van der Waals surface area contributed by atoms with Crippen LogP contribution in [0.2, 0.25) is 0 Å². The second-order valence-electron chi connectivity index (χ2n) is 7.30. The summed E-state index contributed by atoms with van der Waals surface area (Å²) in [5, 5.41) is 6.96. The number of thiophene rings is 1. The molecule has 26 heavy (non-hydrogen) atoms. The molecule has 2 heterocycles. The molecule has 1 aromatic heterocycles. The molecule has 1 fully saturated rings. The number of guanidine groups is 1. The summed E-state index contributed by atoms with van der Waals surface area (Å²) in [6, 6.07) is 5.29. The molecule has 0 spiro atoms. The monoisotopic (exact) mass is 379 g/mol. The second-order valence-corrected chi connectivity index (χ2v) is 8.67. The van der Waals surface area contributed by atoms with Gasteiger partial charge in [-0.3, -0.25) is 9.89 Å². The van der Waals surface area contributed by atoms with Crippen molar-refractivity contribution in [2.75, 3.05) is 45.8 Å². The molecule has 1 aliphatic rings. The molecule has 2 unspecified atom stereocenters. The third kappa shape index (κ3) is 6.89. The number of likely N-dealkylation sites (N-methyl/N-ethyl adjacent to an activating group) is 1. The van der Waals surface area contributed by atoms with Crippen molar-refractivity contribution in [3.63, 3.8) is 0 Å². The molecule has 1 aromatic rings. The van der Waals surface area contributed by atoms with Crippen LogP contribution in [0.15, 0.2) is 17.1 Å². The fraction of sp³-hybridized carbons (Fsp3) is 0.750. The van der Waals surface area contributed by atoms with E-state index in [-0.39, 0.29) is 0 Å². The van der Waals surface area contributed by atoms with Crippen LogP contribution in [0.4, 0.5) is 0 Å². The van der Waals surface area contributed by atoms with Crippen LogP contribution < -0.4 is 10.6 Å². The summed E-state index contributed by atoms with van der Waals surface area (Å²) in [5.74, 6) is 0.937. The van der Waals surface area contributed by atoms with Gasteiger partial charge in [0.05, 0.1) is 6.54 Å². The maximum atomic E-state index is 4.86. The highest BCUT2D eigenvalue weighted by molar-refractivity contribution is 7.11. The van der Waals surface area contributed by atoms with Crippen LogP contribution in [0.5, 0.6) is 0 Å². The number of nitrogens with one attached hydrogen (secondary N) is 2. The number of rotatable bonds is 8. The van der Waals surface area contributed by atoms with Crippen LogP contribution in [-0.4, -0.2) is 73.7 Å². The van der Waals surface area contributed by atoms with Crippen molar-refractivity contribution >= 4 is 17.3 Å². The lowest BCUT2D eigenvalue weighted by atomic mass is 10.2. The lowest BCUT2D eigenvalue weighted by molar-refractivity contribution is 0.109. The molecule has 2 N–H and O–H groups in total. The lowest BCUT2D eigenvalue weighted by Crippen LogP contribution is -2.50. The van der Waals surface area contributed by atoms with Crippen molar-refractivity contribution in [1.29, 1.82) is 0 Å². The Morgan fingerprint density at radius 2 is 1.92 bits per heavy atom. The summed E-state index contributed by atoms with van der Waals surface area (Å²) >= 11 is 1.88. The van der Waals surface area contributed by atoms with Gasteiger partial charge in [-0.2, -0.15) is 0 Å². The number of hydrogen-bond donors (Lipinski definition) is 2. The summed E-state index contributed by atoms with van der Waals surface area (Å²) < 4.78 is 0. The molecule has 1 aliphatic heterocycles. The quantitative estimate of drug-likeness (QED) is 0.538. The first kappa shape index (κ1) is 21.2. The third-order valence-electron chi connectivity index (χ3n) is 5.02. The van der Waals surface area contributed by atoms with E-state index in [1.54, 1.807) is 0 Å². The zero-order valence-electron chi connectivity index (χ0n) is 17.2. The van der Waals surface area contributed by atoms with Gasteiger partial charge >= 0.3 is 0 Å². The van der Waals surface area contributed by atoms with Crippen LogP contribution in [0.3, 0.4) is 0 Å². The fourth-order valence-corrected chi connectivity index (χ4v) is 4.38. The predicted octanol–water partition coefficient (Wildman–Crippen LogP) is 2.57. The van der Waals surface area contributed by atoms with E-state index in [2.05, 4.69) is 67.2 Å². The van der Waals surface area contributed by atoms with Gasteiger partial charge in [0.15, 0.2) is 5.96 Å². The molecule has 0 saturated carbocycles. The maximum Gasteiger partial charge on any atom is 0.191 e. The van der Waals surface area contributed by atoms with Gasteiger partial charge in [-0.05, 0) is 46.4 Å². The Morgan fingerprint density at radius 3 is 2.50 bits per heavy atom. The van der Waals surface area contributed by atoms with Crippen molar-refractivity contribution in [2.45, 2.75) is 53.1 Å². The zero-order chi connectivity index (χ0) is 18.9. The van der Waals surface area contributed by atoms with E-state index in [1.807, 2.05) is 11.3 Å². The maximum absolute atomic E-state index is 4.86. The van der Waals surface area contributed by atoms with Crippen molar-refractivity contribution in [3.8, 4) is 0 Å². The largest absolute Gasteiger partial charge is 0.357 e. The normalized spacial score (nSPS) is 19.3. The summed E-state index contributed by atoms with van der Waals surface area (Å²) in [6.07, 6.45) is 1.04. The minimum absolute atomic E-state index is 0.370. The van der Waals surface area contributed by atoms with E-state index < -0.39 is 0 Å². The standard InChI is InChI=1S/C20H37N5S/c1-6-21-20(23-16(3)14-19-9-8-18(5)26-19)22-15-17(4)25-12-10-24(7-2)11-13-25/h8-9,16-17H,6-7,10-15H2,1-5H3,(H2,21,22,23). The van der Waals surface area contributed by atoms with Crippen molar-refractivity contribution in [1.82, 2.24) is 20.4 Å². The Hall–Kier alpha value is -1.11. The molecule has 0 bridgehead atoms. The molecule has 1 saturated heterocycles. The van der Waals surface area contributed by atoms with Gasteiger partial charge in [-0.1, -0.05) is 6.92 Å². The fourth-order valence-electron chi connectivity index (χ4n) is 3.36. The van der Waals surface area contributed by atoms with E-state index >= 15 is 0 Å². The Bertz CT molecular complexity index is 548. The van der Waals surface area contributed by atoms with Crippen molar-refractivity contribution in [2.24, 2.45) is 4.99 Å². The number of piperazine rings is 1. The Morgan fingerprint density at radius 1 is 1.19 bits per heavy atom. The van der Waals surface area contributed by atoms with Crippen LogP contribution in [0, 0.1) is 6.92 Å². The van der Waals surface area contributed by atoms with E-state index in [1.165, 1.54) is 22.8 Å². The number of nitrogens with zero attached hydrogens (tertiary/aromatic N) is 3. The van der Waals surface area contributed by atoms with Crippen molar-refractivity contribution in [3.05, 3.63) is 21.9 Å². The van der Waals surface area contributed by atoms with Gasteiger partial charge in [0.2, 0.25) is 0 Å². The van der Waals surface area contributed by atoms with Crippen LogP contribution in [0.25, 0.3) is 0 Å². The molecule has 2 rings (SSSR count). The first-order valence-corrected chi connectivity index (χ1v) is 10.9. The molecule has 5 nitrogen and oxygen atoms in total. The SMILES string of the molecule is CCNC(=NCC(C)N1CCN(CC)CC1)NC(C)Cc1ccc(C)s1. The van der Waals surface area contributed by atoms with Gasteiger partial charge in [0.1, 0.15) is 0 Å². The number of aliphatic imine (C=N–C) groups is 1. The van der Waals surface area contributed by atoms with Crippen LogP contribution >= 0.6 is 11.3 Å². The Kier molecular flexibility index (Phi) is 8.88. The van der Waals surface area contributed by atoms with Crippen LogP contribution in [-0.2, 0) is 6.42 Å². The minimum Gasteiger partial charge on any atom is -0.357 e. The van der Waals surface area contributed by atoms with E-state index in [0.29, 0.717) is 12.1 Å². The second kappa shape index (κ2) is 10.9. The highest BCUT2D eigenvalue weighted by Crippen LogP contribution is 2.16. The smallest absolute Gasteiger partial charge is 0.191 e. The van der Waals surface area contributed by atoms with Gasteiger partial charge in [-0.25, -0.2) is 0 Å². The third-order valence-corrected chi connectivity index (χ3v) is 6.04. The molecule has 2 atom stereocenters. The highest BCUT2D eigenvalue weighted by Gasteiger charge is 2.20. The summed E-state index contributed by atoms with van der Waals surface area (Å²) in [7, 11) is 0. The molecule has 6 heteroatoms. The van der Waals surface area contributed by atoms with E-state index in [0.717, 1.165) is 45.1 Å². The topological polar surface area (TPSA) is 42.9 Å². The van der Waals surface area contributed by atoms with E-state index in [9.17, 15) is 0 Å². The first-order chi connectivity index (χ1) is 12.5. The van der Waals surface area contributed by atoms with Crippen molar-refractivity contribution < 1.29 is 0 Å².